The lowest BCUT2D eigenvalue weighted by Gasteiger charge is -2.35. The monoisotopic (exact) mass is 398 g/mol. The first-order valence-corrected chi connectivity index (χ1v) is 11.0. The molecule has 1 aliphatic rings. The van der Waals surface area contributed by atoms with E-state index in [9.17, 15) is 9.18 Å². The number of fused-ring (bicyclic) bond motifs is 1. The van der Waals surface area contributed by atoms with Gasteiger partial charge in [-0.2, -0.15) is 0 Å². The van der Waals surface area contributed by atoms with Crippen molar-refractivity contribution in [2.24, 2.45) is 0 Å². The third-order valence-electron chi connectivity index (χ3n) is 6.13. The van der Waals surface area contributed by atoms with Gasteiger partial charge in [0, 0.05) is 6.04 Å². The number of halogens is 1. The molecule has 0 unspecified atom stereocenters. The van der Waals surface area contributed by atoms with Gasteiger partial charge in [-0.3, -0.25) is 4.79 Å². The van der Waals surface area contributed by atoms with E-state index in [1.807, 2.05) is 12.1 Å². The van der Waals surface area contributed by atoms with Crippen LogP contribution in [0.1, 0.15) is 49.1 Å². The van der Waals surface area contributed by atoms with E-state index in [0.717, 1.165) is 29.6 Å². The molecule has 3 nitrogen and oxygen atoms in total. The molecule has 0 saturated heterocycles. The molecule has 28 heavy (non-hydrogen) atoms. The number of aromatic nitrogens is 1. The molecule has 1 N–H and O–H groups in total. The van der Waals surface area contributed by atoms with E-state index < -0.39 is 0 Å². The van der Waals surface area contributed by atoms with Gasteiger partial charge in [0.1, 0.15) is 5.82 Å². The fourth-order valence-electron chi connectivity index (χ4n) is 4.43. The van der Waals surface area contributed by atoms with Gasteiger partial charge in [0.15, 0.2) is 0 Å². The van der Waals surface area contributed by atoms with Crippen molar-refractivity contribution in [3.8, 4) is 0 Å². The molecule has 5 heteroatoms. The van der Waals surface area contributed by atoms with Gasteiger partial charge in [0.2, 0.25) is 0 Å². The Kier molecular flexibility index (Phi) is 5.93. The first kappa shape index (κ1) is 19.3. The van der Waals surface area contributed by atoms with Gasteiger partial charge in [0.05, 0.1) is 10.2 Å². The zero-order valence-corrected chi connectivity index (χ0v) is 17.1. The molecule has 148 valence electrons. The lowest BCUT2D eigenvalue weighted by Crippen LogP contribution is -2.35. The molecule has 0 amide bonds. The molecule has 0 atom stereocenters. The number of benzene rings is 2. The maximum Gasteiger partial charge on any atom is 0.305 e. The van der Waals surface area contributed by atoms with Crippen LogP contribution in [0.5, 0.6) is 0 Å². The zero-order chi connectivity index (χ0) is 19.5. The highest BCUT2D eigenvalue weighted by Gasteiger charge is 2.25. The average molecular weight is 399 g/mol. The highest BCUT2D eigenvalue weighted by Crippen LogP contribution is 2.35. The topological polar surface area (TPSA) is 36.1 Å². The van der Waals surface area contributed by atoms with Gasteiger partial charge in [-0.15, -0.1) is 0 Å². The molecule has 0 spiro atoms. The van der Waals surface area contributed by atoms with Crippen molar-refractivity contribution in [1.29, 1.82) is 0 Å². The van der Waals surface area contributed by atoms with Gasteiger partial charge in [0.25, 0.3) is 0 Å². The summed E-state index contributed by atoms with van der Waals surface area (Å²) >= 11 is 1.30. The molecular formula is C23H27FN2OS. The van der Waals surface area contributed by atoms with E-state index in [0.29, 0.717) is 12.0 Å². The Morgan fingerprint density at radius 2 is 1.86 bits per heavy atom. The molecule has 1 heterocycles. The normalized spacial score (nSPS) is 20.1. The summed E-state index contributed by atoms with van der Waals surface area (Å²) in [6.45, 7) is 1.08. The van der Waals surface area contributed by atoms with Crippen LogP contribution < -0.4 is 4.87 Å². The molecule has 1 aromatic heterocycles. The Labute approximate surface area is 169 Å². The van der Waals surface area contributed by atoms with Crippen molar-refractivity contribution in [3.05, 3.63) is 69.1 Å². The predicted octanol–water partition coefficient (Wildman–Crippen LogP) is 5.32. The number of hydrogen-bond acceptors (Lipinski definition) is 3. The molecule has 0 radical (unpaired) electrons. The SMILES string of the molecule is CN(CCCc1ccc(F)cc1)C1CCC(c2ccc3[nH]c(=O)sc3c2)CC1. The second-order valence-electron chi connectivity index (χ2n) is 7.99. The molecule has 1 aliphatic carbocycles. The maximum absolute atomic E-state index is 13.0. The van der Waals surface area contributed by atoms with Crippen LogP contribution in [0, 0.1) is 5.82 Å². The van der Waals surface area contributed by atoms with Gasteiger partial charge in [-0.1, -0.05) is 29.5 Å². The van der Waals surface area contributed by atoms with Crippen LogP contribution in [0.4, 0.5) is 4.39 Å². The van der Waals surface area contributed by atoms with Crippen LogP contribution in [0.2, 0.25) is 0 Å². The molecular weight excluding hydrogens is 371 g/mol. The molecule has 4 rings (SSSR count). The van der Waals surface area contributed by atoms with Gasteiger partial charge in [-0.25, -0.2) is 4.39 Å². The minimum atomic E-state index is -0.164. The number of nitrogens with one attached hydrogen (secondary N) is 1. The Morgan fingerprint density at radius 1 is 1.11 bits per heavy atom. The first-order valence-electron chi connectivity index (χ1n) is 10.2. The molecule has 3 aromatic rings. The molecule has 0 bridgehead atoms. The summed E-state index contributed by atoms with van der Waals surface area (Å²) in [4.78, 5) is 16.9. The van der Waals surface area contributed by atoms with E-state index in [2.05, 4.69) is 35.1 Å². The van der Waals surface area contributed by atoms with E-state index in [4.69, 9.17) is 0 Å². The lowest BCUT2D eigenvalue weighted by atomic mass is 9.81. The molecule has 2 aromatic carbocycles. The summed E-state index contributed by atoms with van der Waals surface area (Å²) in [6, 6.07) is 14.0. The smallest absolute Gasteiger partial charge is 0.305 e. The van der Waals surface area contributed by atoms with Gasteiger partial charge >= 0.3 is 4.87 Å². The lowest BCUT2D eigenvalue weighted by molar-refractivity contribution is 0.181. The fraction of sp³-hybridized carbons (Fsp3) is 0.435. The zero-order valence-electron chi connectivity index (χ0n) is 16.3. The Bertz CT molecular complexity index is 970. The second kappa shape index (κ2) is 8.58. The Hall–Kier alpha value is -1.98. The van der Waals surface area contributed by atoms with E-state index in [-0.39, 0.29) is 10.7 Å². The summed E-state index contributed by atoms with van der Waals surface area (Å²) < 4.78 is 14.1. The van der Waals surface area contributed by atoms with Crippen LogP contribution in [0.15, 0.2) is 47.3 Å². The van der Waals surface area contributed by atoms with Gasteiger partial charge in [-0.05, 0) is 93.4 Å². The number of H-pyrrole nitrogens is 1. The Morgan fingerprint density at radius 3 is 2.61 bits per heavy atom. The standard InChI is InChI=1S/C23H27FN2OS/c1-26(14-2-3-16-4-9-19(24)10-5-16)20-11-6-17(7-12-20)18-8-13-21-22(15-18)28-23(27)25-21/h4-5,8-10,13,15,17,20H,2-3,6-7,11-12,14H2,1H3,(H,25,27). The first-order chi connectivity index (χ1) is 13.6. The summed E-state index contributed by atoms with van der Waals surface area (Å²) in [7, 11) is 2.24. The van der Waals surface area contributed by atoms with E-state index in [1.165, 1.54) is 48.1 Å². The quantitative estimate of drug-likeness (QED) is 0.610. The highest BCUT2D eigenvalue weighted by atomic mass is 32.1. The highest BCUT2D eigenvalue weighted by molar-refractivity contribution is 7.16. The third kappa shape index (κ3) is 4.53. The van der Waals surface area contributed by atoms with Crippen LogP contribution in [-0.4, -0.2) is 29.5 Å². The van der Waals surface area contributed by atoms with Crippen molar-refractivity contribution >= 4 is 21.6 Å². The van der Waals surface area contributed by atoms with Crippen LogP contribution in [0.3, 0.4) is 0 Å². The molecule has 1 fully saturated rings. The van der Waals surface area contributed by atoms with Crippen LogP contribution >= 0.6 is 11.3 Å². The number of rotatable bonds is 6. The van der Waals surface area contributed by atoms with Crippen LogP contribution in [-0.2, 0) is 6.42 Å². The van der Waals surface area contributed by atoms with Crippen LogP contribution in [0.25, 0.3) is 10.2 Å². The molecule has 1 saturated carbocycles. The summed E-state index contributed by atoms with van der Waals surface area (Å²) in [5.74, 6) is 0.438. The van der Waals surface area contributed by atoms with E-state index in [1.54, 1.807) is 12.1 Å². The van der Waals surface area contributed by atoms with Crippen molar-refractivity contribution < 1.29 is 4.39 Å². The maximum atomic E-state index is 13.0. The summed E-state index contributed by atoms with van der Waals surface area (Å²) in [5.41, 5.74) is 3.54. The van der Waals surface area contributed by atoms with Crippen molar-refractivity contribution in [2.45, 2.75) is 50.5 Å². The van der Waals surface area contributed by atoms with Crippen molar-refractivity contribution in [2.75, 3.05) is 13.6 Å². The van der Waals surface area contributed by atoms with E-state index >= 15 is 0 Å². The minimum absolute atomic E-state index is 0.0260. The Balaban J connectivity index is 1.26. The predicted molar refractivity (Wildman–Crippen MR) is 115 cm³/mol. The summed E-state index contributed by atoms with van der Waals surface area (Å²) in [5, 5.41) is 0. The van der Waals surface area contributed by atoms with Crippen molar-refractivity contribution in [1.82, 2.24) is 9.88 Å². The number of nitrogens with zero attached hydrogens (tertiary/aromatic N) is 1. The fourth-order valence-corrected chi connectivity index (χ4v) is 5.22. The number of aromatic amines is 1. The third-order valence-corrected chi connectivity index (χ3v) is 6.97. The van der Waals surface area contributed by atoms with Crippen molar-refractivity contribution in [3.63, 3.8) is 0 Å². The summed E-state index contributed by atoms with van der Waals surface area (Å²) in [6.07, 6.45) is 6.96. The average Bonchev–Trinajstić information content (AvgIpc) is 3.08. The largest absolute Gasteiger partial charge is 0.312 e. The van der Waals surface area contributed by atoms with Gasteiger partial charge < -0.3 is 9.88 Å². The second-order valence-corrected chi connectivity index (χ2v) is 9.00. The number of hydrogen-bond donors (Lipinski definition) is 1. The number of aryl methyl sites for hydroxylation is 1. The molecule has 0 aliphatic heterocycles. The number of thiazole rings is 1. The minimum Gasteiger partial charge on any atom is -0.312 e.